The monoisotopic (exact) mass is 463 g/mol. The zero-order valence-corrected chi connectivity index (χ0v) is 17.9. The molecule has 30 heavy (non-hydrogen) atoms. The molecule has 1 aliphatic carbocycles. The number of aryl methyl sites for hydroxylation is 1. The smallest absolute Gasteiger partial charge is 0.279 e. The number of carbonyl (C=O) groups is 1. The van der Waals surface area contributed by atoms with Crippen molar-refractivity contribution in [1.29, 1.82) is 0 Å². The third kappa shape index (κ3) is 4.09. The van der Waals surface area contributed by atoms with E-state index in [0.29, 0.717) is 38.2 Å². The molecule has 1 aromatic carbocycles. The van der Waals surface area contributed by atoms with Crippen LogP contribution in [-0.4, -0.2) is 37.2 Å². The fourth-order valence-electron chi connectivity index (χ4n) is 2.98. The van der Waals surface area contributed by atoms with Crippen molar-refractivity contribution in [1.82, 2.24) is 14.7 Å². The molecule has 0 saturated heterocycles. The number of nitrogens with zero attached hydrogens (tertiary/aromatic N) is 3. The number of nitrogens with one attached hydrogen (secondary N) is 2. The number of carbonyl (C=O) groups excluding carboxylic acids is 1. The molecular formula is C20H16Cl3N5O2. The van der Waals surface area contributed by atoms with Gasteiger partial charge in [0.2, 0.25) is 5.95 Å². The predicted octanol–water partition coefficient (Wildman–Crippen LogP) is 4.39. The number of benzene rings is 1. The van der Waals surface area contributed by atoms with E-state index in [1.54, 1.807) is 37.3 Å². The van der Waals surface area contributed by atoms with Gasteiger partial charge in [-0.2, -0.15) is 9.72 Å². The molecule has 154 valence electrons. The molecule has 0 spiro atoms. The number of aromatic amines is 1. The number of rotatable bonds is 3. The van der Waals surface area contributed by atoms with Gasteiger partial charge in [0.1, 0.15) is 0 Å². The van der Waals surface area contributed by atoms with Crippen molar-refractivity contribution in [2.75, 3.05) is 5.32 Å². The Balaban J connectivity index is 1.62. The Labute approximate surface area is 186 Å². The SMILES string of the molecule is Cc1cn(O)c(=NC(=O)c2ccc3nc(NC4C(Cl)=CC=CC4Cl)[nH]c3c2)cc1Cl. The Bertz CT molecular complexity index is 1280. The molecule has 1 amide bonds. The highest BCUT2D eigenvalue weighted by atomic mass is 35.5. The van der Waals surface area contributed by atoms with Crippen LogP contribution < -0.4 is 10.8 Å². The normalized spacial score (nSPS) is 19.2. The number of H-pyrrole nitrogens is 1. The van der Waals surface area contributed by atoms with Gasteiger partial charge in [0, 0.05) is 21.7 Å². The van der Waals surface area contributed by atoms with Crippen LogP contribution in [0.4, 0.5) is 5.95 Å². The summed E-state index contributed by atoms with van der Waals surface area (Å²) >= 11 is 18.6. The van der Waals surface area contributed by atoms with Crippen LogP contribution in [0.25, 0.3) is 11.0 Å². The second-order valence-corrected chi connectivity index (χ2v) is 8.09. The van der Waals surface area contributed by atoms with Crippen molar-refractivity contribution < 1.29 is 10.0 Å². The summed E-state index contributed by atoms with van der Waals surface area (Å²) in [5.74, 6) is -0.0597. The first-order valence-corrected chi connectivity index (χ1v) is 10.1. The first-order chi connectivity index (χ1) is 14.3. The molecule has 10 heteroatoms. The number of halogens is 3. The number of allylic oxidation sites excluding steroid dienone is 2. The Kier molecular flexibility index (Phi) is 5.60. The first kappa shape index (κ1) is 20.5. The zero-order chi connectivity index (χ0) is 21.4. The number of hydrogen-bond donors (Lipinski definition) is 3. The number of anilines is 1. The lowest BCUT2D eigenvalue weighted by molar-refractivity contribution is 0.0988. The first-order valence-electron chi connectivity index (χ1n) is 8.93. The molecule has 1 aliphatic rings. The van der Waals surface area contributed by atoms with Gasteiger partial charge in [0.15, 0.2) is 5.49 Å². The topological polar surface area (TPSA) is 95.3 Å². The maximum atomic E-state index is 12.6. The molecule has 3 N–H and O–H groups in total. The van der Waals surface area contributed by atoms with Gasteiger partial charge in [0.05, 0.1) is 28.6 Å². The van der Waals surface area contributed by atoms with Crippen LogP contribution in [0.5, 0.6) is 0 Å². The largest absolute Gasteiger partial charge is 0.427 e. The van der Waals surface area contributed by atoms with Gasteiger partial charge >= 0.3 is 0 Å². The highest BCUT2D eigenvalue weighted by Gasteiger charge is 2.23. The Hall–Kier alpha value is -2.74. The average Bonchev–Trinajstić information content (AvgIpc) is 3.10. The van der Waals surface area contributed by atoms with Gasteiger partial charge in [-0.1, -0.05) is 35.4 Å². The number of amides is 1. The molecule has 0 bridgehead atoms. The van der Waals surface area contributed by atoms with Gasteiger partial charge < -0.3 is 15.5 Å². The summed E-state index contributed by atoms with van der Waals surface area (Å²) in [6.07, 6.45) is 6.78. The fraction of sp³-hybridized carbons (Fsp3) is 0.150. The van der Waals surface area contributed by atoms with E-state index in [-0.39, 0.29) is 16.9 Å². The number of fused-ring (bicyclic) bond motifs is 1. The van der Waals surface area contributed by atoms with Crippen LogP contribution >= 0.6 is 34.8 Å². The molecule has 2 unspecified atom stereocenters. The maximum Gasteiger partial charge on any atom is 0.279 e. The summed E-state index contributed by atoms with van der Waals surface area (Å²) in [5.41, 5.74) is 2.30. The van der Waals surface area contributed by atoms with E-state index >= 15 is 0 Å². The van der Waals surface area contributed by atoms with Gasteiger partial charge in [-0.15, -0.1) is 11.6 Å². The third-order valence-electron chi connectivity index (χ3n) is 4.59. The molecule has 4 rings (SSSR count). The maximum absolute atomic E-state index is 12.6. The summed E-state index contributed by atoms with van der Waals surface area (Å²) in [5, 5.41) is 13.8. The Morgan fingerprint density at radius 2 is 2.13 bits per heavy atom. The van der Waals surface area contributed by atoms with Crippen LogP contribution in [0.1, 0.15) is 15.9 Å². The highest BCUT2D eigenvalue weighted by molar-refractivity contribution is 6.32. The van der Waals surface area contributed by atoms with Crippen LogP contribution in [0.2, 0.25) is 5.02 Å². The van der Waals surface area contributed by atoms with Crippen molar-refractivity contribution in [3.63, 3.8) is 0 Å². The zero-order valence-electron chi connectivity index (χ0n) is 15.6. The minimum atomic E-state index is -0.534. The number of alkyl halides is 1. The van der Waals surface area contributed by atoms with Gasteiger partial charge in [-0.05, 0) is 36.8 Å². The standard InChI is InChI=1S/C20H16Cl3N5O2/c1-10-9-28(30)17(8-14(10)23)26-19(29)11-5-6-15-16(7-11)25-20(24-15)27-18-12(21)3-2-4-13(18)22/h2-9,12,18,30H,1H3,(H2,24,25,27). The highest BCUT2D eigenvalue weighted by Crippen LogP contribution is 2.25. The van der Waals surface area contributed by atoms with E-state index in [1.165, 1.54) is 12.3 Å². The molecule has 7 nitrogen and oxygen atoms in total. The molecular weight excluding hydrogens is 449 g/mol. The lowest BCUT2D eigenvalue weighted by atomic mass is 10.1. The van der Waals surface area contributed by atoms with Crippen LogP contribution in [0.15, 0.2) is 58.7 Å². The van der Waals surface area contributed by atoms with E-state index in [9.17, 15) is 10.0 Å². The molecule has 0 saturated carbocycles. The molecule has 2 aromatic heterocycles. The number of imidazole rings is 1. The number of pyridine rings is 1. The molecule has 2 heterocycles. The van der Waals surface area contributed by atoms with Crippen LogP contribution in [0, 0.1) is 6.92 Å². The van der Waals surface area contributed by atoms with E-state index in [4.69, 9.17) is 34.8 Å². The van der Waals surface area contributed by atoms with Crippen molar-refractivity contribution in [2.45, 2.75) is 18.3 Å². The number of hydrogen-bond acceptors (Lipinski definition) is 4. The average molecular weight is 465 g/mol. The lowest BCUT2D eigenvalue weighted by Gasteiger charge is -2.22. The van der Waals surface area contributed by atoms with Gasteiger partial charge in [0.25, 0.3) is 5.91 Å². The third-order valence-corrected chi connectivity index (χ3v) is 5.75. The summed E-state index contributed by atoms with van der Waals surface area (Å²) in [6.45, 7) is 1.73. The van der Waals surface area contributed by atoms with Gasteiger partial charge in [-0.3, -0.25) is 4.79 Å². The number of aromatic nitrogens is 3. The van der Waals surface area contributed by atoms with Crippen molar-refractivity contribution >= 4 is 57.7 Å². The molecule has 0 fully saturated rings. The predicted molar refractivity (Wildman–Crippen MR) is 117 cm³/mol. The Morgan fingerprint density at radius 1 is 1.33 bits per heavy atom. The fourth-order valence-corrected chi connectivity index (χ4v) is 3.74. The molecule has 2 atom stereocenters. The summed E-state index contributed by atoms with van der Waals surface area (Å²) in [7, 11) is 0. The summed E-state index contributed by atoms with van der Waals surface area (Å²) < 4.78 is 0.758. The second kappa shape index (κ2) is 8.18. The minimum Gasteiger partial charge on any atom is -0.427 e. The molecule has 0 radical (unpaired) electrons. The summed E-state index contributed by atoms with van der Waals surface area (Å²) in [4.78, 5) is 24.1. The Morgan fingerprint density at radius 3 is 2.90 bits per heavy atom. The lowest BCUT2D eigenvalue weighted by Crippen LogP contribution is -2.31. The van der Waals surface area contributed by atoms with Crippen molar-refractivity contribution in [2.24, 2.45) is 4.99 Å². The molecule has 3 aromatic rings. The van der Waals surface area contributed by atoms with Crippen LogP contribution in [-0.2, 0) is 0 Å². The second-order valence-electron chi connectivity index (χ2n) is 6.74. The minimum absolute atomic E-state index is 0.0302. The summed E-state index contributed by atoms with van der Waals surface area (Å²) in [6, 6.07) is 6.04. The molecule has 0 aliphatic heterocycles. The van der Waals surface area contributed by atoms with Crippen molar-refractivity contribution in [3.8, 4) is 0 Å². The van der Waals surface area contributed by atoms with Gasteiger partial charge in [-0.25, -0.2) is 4.98 Å². The van der Waals surface area contributed by atoms with E-state index in [0.717, 1.165) is 4.73 Å². The van der Waals surface area contributed by atoms with Crippen LogP contribution in [0.3, 0.4) is 0 Å². The quantitative estimate of drug-likeness (QED) is 0.396. The van der Waals surface area contributed by atoms with Crippen molar-refractivity contribution in [3.05, 3.63) is 75.4 Å². The van der Waals surface area contributed by atoms with E-state index in [2.05, 4.69) is 20.3 Å². The van der Waals surface area contributed by atoms with E-state index < -0.39 is 5.91 Å². The van der Waals surface area contributed by atoms with E-state index in [1.807, 2.05) is 6.08 Å².